The Hall–Kier alpha value is 1.96. The number of nitriles is 1. The zero-order valence-electron chi connectivity index (χ0n) is 47.2. The Morgan fingerprint density at radius 3 is 1.51 bits per heavy atom. The van der Waals surface area contributed by atoms with Gasteiger partial charge in [0.25, 0.3) is 0 Å². The van der Waals surface area contributed by atoms with Crippen molar-refractivity contribution < 1.29 is 28.6 Å². The van der Waals surface area contributed by atoms with Crippen molar-refractivity contribution >= 4 is 232 Å². The Morgan fingerprint density at radius 1 is 0.766 bits per heavy atom. The number of benzene rings is 3. The molecule has 0 saturated carbocycles. The second kappa shape index (κ2) is 70.5. The summed E-state index contributed by atoms with van der Waals surface area (Å²) in [5, 5.41) is 23.9. The van der Waals surface area contributed by atoms with Crippen LogP contribution in [0.3, 0.4) is 0 Å². The Kier molecular flexibility index (Phi) is 84.8. The van der Waals surface area contributed by atoms with E-state index in [2.05, 4.69) is 272 Å². The number of amidine groups is 1. The molecule has 25 heteroatoms. The second-order valence-electron chi connectivity index (χ2n) is 14.0. The molecule has 4 rings (SSSR count). The van der Waals surface area contributed by atoms with Crippen LogP contribution in [0, 0.1) is 23.7 Å². The van der Waals surface area contributed by atoms with Crippen LogP contribution in [0.15, 0.2) is 91.2 Å². The van der Waals surface area contributed by atoms with Gasteiger partial charge in [0, 0.05) is 54.8 Å². The minimum atomic E-state index is -0.546. The Bertz CT molecular complexity index is 1900. The van der Waals surface area contributed by atoms with Gasteiger partial charge in [0.2, 0.25) is 12.2 Å². The molecule has 77 heavy (non-hydrogen) atoms. The third-order valence-electron chi connectivity index (χ3n) is 6.91. The van der Waals surface area contributed by atoms with Crippen molar-refractivity contribution in [1.82, 2.24) is 10.2 Å². The number of ether oxygens (including phenoxy) is 5. The van der Waals surface area contributed by atoms with E-state index < -0.39 is 6.29 Å². The first kappa shape index (κ1) is 92.7. The summed E-state index contributed by atoms with van der Waals surface area (Å²) in [6, 6.07) is 25.1. The second-order valence-corrected chi connectivity index (χ2v) is 61.1. The molecule has 3 aromatic carbocycles. The third-order valence-corrected chi connectivity index (χ3v) is 11.3. The van der Waals surface area contributed by atoms with Crippen LogP contribution in [0.4, 0.5) is 11.5 Å². The average Bonchev–Trinajstić information content (AvgIpc) is 3.39. The molecule has 0 spiro atoms. The topological polar surface area (TPSA) is 222 Å². The Labute approximate surface area is 583 Å². The van der Waals surface area contributed by atoms with Crippen molar-refractivity contribution in [3.8, 4) is 6.07 Å². The first-order valence-electron chi connectivity index (χ1n) is 24.2. The standard InChI is InChI=1S/C13H19BrN2O2.C8H6BrN3.C6H7BrN2.C6H13NO2.C5H9NO.C3H6I2.2C3H7I.C3H8.C2H5.3HI.V/c1-3-17-13(18-4-2)12(15)16-9-10-5-7-11(14)8-6-10;9-6-1-2-7-5(3-6)4-8(10)12-11-7;7-5-1-3-6(9-8)4-2-5;1-4-9-5(2)6(7)8-3;1-3-7-5(2)4-6;1-2-3(4)5;1-3(2)4;1-2-3-4;1-3-2;1-2;;;;/h5-8,13H,3-4,9H2,1-2H3,(H2,15,16);1-4H,(H2,10,12);1-4,9H,8H2;5,7H,4H2,1-3H3;5H,3H2,1-2H3;3H,2H2,1H3;3H,1-2H3;2-3H2,1H3;3H2,1-2H3;1H2,2H3;3*1H;/q;;;;;;;;;-1;;;;+3/p-3. The third kappa shape index (κ3) is 74.0. The normalized spacial score (nSPS) is 10.4. The molecule has 1 aromatic heterocycles. The number of aromatic nitrogens is 2. The predicted molar refractivity (Wildman–Crippen MR) is 402 cm³/mol. The first-order valence-corrected chi connectivity index (χ1v) is 45.4. The summed E-state index contributed by atoms with van der Waals surface area (Å²) in [5.74, 6) is 6.13. The van der Waals surface area contributed by atoms with Gasteiger partial charge in [-0.3, -0.25) is 16.2 Å². The van der Waals surface area contributed by atoms with Gasteiger partial charge in [-0.2, -0.15) is 12.2 Å². The molecule has 0 radical (unpaired) electrons. The van der Waals surface area contributed by atoms with Gasteiger partial charge >= 0.3 is 64.9 Å². The van der Waals surface area contributed by atoms with Crippen molar-refractivity contribution in [2.75, 3.05) is 49.1 Å². The fourth-order valence-electron chi connectivity index (χ4n) is 3.73. The maximum absolute atomic E-state index is 8.09. The zero-order chi connectivity index (χ0) is 61.2. The van der Waals surface area contributed by atoms with E-state index in [1.54, 1.807) is 26.8 Å². The summed E-state index contributed by atoms with van der Waals surface area (Å²) in [5.41, 5.74) is 16.7. The number of anilines is 2. The zero-order valence-corrected chi connectivity index (χ0v) is 68.4. The summed E-state index contributed by atoms with van der Waals surface area (Å²) >= 11 is 26.9. The number of aliphatic imine (C=N–C) groups is 1. The fourth-order valence-corrected chi connectivity index (χ4v) is 4.63. The van der Waals surface area contributed by atoms with Crippen molar-refractivity contribution in [2.45, 2.75) is 140 Å². The SMILES string of the molecule is CC(C)I.CCC.CCC(I)I.CCCI.CCOC(C)C#N.CCOC(C)C(=N)OC.CCOC(OCC)C(N)=NCc1ccc(Br)cc1.NNc1ccc(Br)cc1.Nc1cc2cc(Br)ccc2nn1.[CH2-]C.[I][V]([I])[I]. The number of rotatable bonds is 15. The molecule has 4 aromatic rings. The molecule has 0 amide bonds. The molecule has 446 valence electrons. The van der Waals surface area contributed by atoms with Gasteiger partial charge in [0.15, 0.2) is 5.84 Å². The molecule has 0 aliphatic rings. The number of nitrogens with two attached hydrogens (primary N) is 3. The van der Waals surface area contributed by atoms with Crippen LogP contribution in [0.5, 0.6) is 0 Å². The molecule has 0 bridgehead atoms. The first-order chi connectivity index (χ1) is 36.3. The summed E-state index contributed by atoms with van der Waals surface area (Å²) in [4.78, 5) is 4.01. The number of nitrogens with zero attached hydrogens (tertiary/aromatic N) is 4. The van der Waals surface area contributed by atoms with Gasteiger partial charge in [0.05, 0.1) is 27.2 Å². The van der Waals surface area contributed by atoms with Gasteiger partial charge < -0.3 is 47.5 Å². The Morgan fingerprint density at radius 2 is 1.17 bits per heavy atom. The van der Waals surface area contributed by atoms with Crippen molar-refractivity contribution in [3.05, 3.63) is 98.7 Å². The van der Waals surface area contributed by atoms with Gasteiger partial charge in [0.1, 0.15) is 18.0 Å². The van der Waals surface area contributed by atoms with E-state index in [1.165, 1.54) is 30.8 Å². The molecule has 14 nitrogen and oxygen atoms in total. The molecular formula is C52H87Br3I7N9O5V-. The molecule has 0 saturated heterocycles. The van der Waals surface area contributed by atoms with Crippen LogP contribution in [0.25, 0.3) is 10.9 Å². The quantitative estimate of drug-likeness (QED) is 0.0110. The summed E-state index contributed by atoms with van der Waals surface area (Å²) < 4.78 is 31.3. The van der Waals surface area contributed by atoms with E-state index in [0.717, 1.165) is 41.4 Å². The van der Waals surface area contributed by atoms with Gasteiger partial charge in [-0.05, 0) is 125 Å². The number of fused-ring (bicyclic) bond motifs is 1. The summed E-state index contributed by atoms with van der Waals surface area (Å²) in [6.45, 7) is 31.8. The molecule has 0 fully saturated rings. The van der Waals surface area contributed by atoms with Gasteiger partial charge in [-0.25, -0.2) is 0 Å². The van der Waals surface area contributed by atoms with Crippen molar-refractivity contribution in [1.29, 1.82) is 10.7 Å². The Balaban J connectivity index is -0.000000148. The van der Waals surface area contributed by atoms with E-state index in [4.69, 9.17) is 46.9 Å². The number of hydrazine groups is 1. The molecule has 2 atom stereocenters. The number of halogens is 10. The van der Waals surface area contributed by atoms with Crippen LogP contribution < -0.4 is 22.7 Å². The molecular weight excluding hydrogens is 2010 g/mol. The molecule has 1 heterocycles. The minimum absolute atomic E-state index is 0.178. The number of alkyl halides is 4. The molecule has 8 N–H and O–H groups in total. The summed E-state index contributed by atoms with van der Waals surface area (Å²) in [7, 11) is 1.47. The van der Waals surface area contributed by atoms with Gasteiger partial charge in [-0.15, -0.1) is 10.2 Å². The number of methoxy groups -OCH3 is 1. The van der Waals surface area contributed by atoms with E-state index >= 15 is 0 Å². The number of hydrogen-bond acceptors (Lipinski definition) is 13. The number of hydrogen-bond donors (Lipinski definition) is 5. The number of nitrogen functional groups attached to an aromatic ring is 2. The van der Waals surface area contributed by atoms with Crippen LogP contribution in [-0.2, 0) is 35.1 Å². The monoisotopic (exact) mass is 2090 g/mol. The fraction of sp³-hybridized carbons (Fsp3) is 0.538. The average molecular weight is 2100 g/mol. The predicted octanol–water partition coefficient (Wildman–Crippen LogP) is 19.5. The van der Waals surface area contributed by atoms with E-state index in [9.17, 15) is 0 Å². The van der Waals surface area contributed by atoms with E-state index in [-0.39, 0.29) is 23.0 Å². The van der Waals surface area contributed by atoms with Crippen LogP contribution >= 0.6 is 198 Å². The summed E-state index contributed by atoms with van der Waals surface area (Å²) in [6.07, 6.45) is 2.84. The van der Waals surface area contributed by atoms with Crippen molar-refractivity contribution in [3.63, 3.8) is 0 Å². The van der Waals surface area contributed by atoms with Crippen LogP contribution in [0.2, 0.25) is 0 Å². The van der Waals surface area contributed by atoms with Crippen LogP contribution in [-0.4, -0.2) is 84.2 Å². The van der Waals surface area contributed by atoms with Crippen molar-refractivity contribution in [2.24, 2.45) is 16.6 Å². The molecule has 0 aliphatic carbocycles. The maximum atomic E-state index is 8.09. The number of nitrogens with one attached hydrogen (secondary N) is 2. The van der Waals surface area contributed by atoms with Gasteiger partial charge in [-0.1, -0.05) is 198 Å². The van der Waals surface area contributed by atoms with Crippen LogP contribution in [0.1, 0.15) is 115 Å². The molecule has 2 unspecified atom stereocenters. The van der Waals surface area contributed by atoms with E-state index in [0.29, 0.717) is 44.6 Å². The molecule has 0 aliphatic heterocycles. The van der Waals surface area contributed by atoms with E-state index in [1.807, 2.05) is 100 Å².